The Morgan fingerprint density at radius 2 is 1.91 bits per heavy atom. The molecule has 7 rings (SSSR count). The number of nitrogens with one attached hydrogen (secondary N) is 1. The lowest BCUT2D eigenvalue weighted by Gasteiger charge is -2.38. The van der Waals surface area contributed by atoms with Gasteiger partial charge in [0.15, 0.2) is 0 Å². The van der Waals surface area contributed by atoms with E-state index in [1.165, 1.54) is 25.1 Å². The molecule has 234 valence electrons. The molecule has 1 N–H and O–H groups in total. The summed E-state index contributed by atoms with van der Waals surface area (Å²) in [5.41, 5.74) is 4.95. The minimum atomic E-state index is -0.127. The highest BCUT2D eigenvalue weighted by atomic mass is 32.2. The number of thioether (sulfide) groups is 1. The zero-order valence-electron chi connectivity index (χ0n) is 26.0. The van der Waals surface area contributed by atoms with Crippen LogP contribution in [0.5, 0.6) is 0 Å². The largest absolute Gasteiger partial charge is 0.369 e. The van der Waals surface area contributed by atoms with E-state index in [-0.39, 0.29) is 5.56 Å². The van der Waals surface area contributed by atoms with Gasteiger partial charge in [-0.15, -0.1) is 23.1 Å². The van der Waals surface area contributed by atoms with Gasteiger partial charge in [-0.1, -0.05) is 18.8 Å². The Bertz CT molecular complexity index is 1770. The first-order chi connectivity index (χ1) is 22.1. The molecule has 6 heterocycles. The Balaban J connectivity index is 1.15. The number of anilines is 3. The van der Waals surface area contributed by atoms with Crippen LogP contribution in [-0.2, 0) is 6.54 Å². The van der Waals surface area contributed by atoms with E-state index in [4.69, 9.17) is 4.98 Å². The van der Waals surface area contributed by atoms with Crippen LogP contribution in [0, 0.1) is 17.8 Å². The minimum Gasteiger partial charge on any atom is -0.369 e. The maximum atomic E-state index is 13.9. The molecule has 1 unspecified atom stereocenters. The lowest BCUT2D eigenvalue weighted by Crippen LogP contribution is -2.50. The second-order valence-corrected chi connectivity index (χ2v) is 13.9. The van der Waals surface area contributed by atoms with E-state index < -0.39 is 0 Å². The molecular formula is C34H40N8OS2. The molecule has 4 aromatic rings. The Kier molecular flexibility index (Phi) is 9.08. The number of rotatable bonds is 7. The lowest BCUT2D eigenvalue weighted by atomic mass is 9.97. The maximum Gasteiger partial charge on any atom is 0.268 e. The molecule has 0 radical (unpaired) electrons. The van der Waals surface area contributed by atoms with Gasteiger partial charge in [0.05, 0.1) is 22.5 Å². The van der Waals surface area contributed by atoms with E-state index in [9.17, 15) is 4.79 Å². The highest BCUT2D eigenvalue weighted by Gasteiger charge is 2.30. The fraction of sp³-hybridized carbons (Fsp3) is 0.471. The van der Waals surface area contributed by atoms with Gasteiger partial charge in [-0.25, -0.2) is 9.97 Å². The second kappa shape index (κ2) is 13.5. The molecule has 45 heavy (non-hydrogen) atoms. The molecule has 0 aliphatic carbocycles. The highest BCUT2D eigenvalue weighted by Crippen LogP contribution is 2.28. The minimum absolute atomic E-state index is 0.127. The second-order valence-electron chi connectivity index (χ2n) is 12.1. The molecule has 9 nitrogen and oxygen atoms in total. The summed E-state index contributed by atoms with van der Waals surface area (Å²) < 4.78 is 1.74. The standard InChI is InChI=1S/C34H40N8OS2/c1-3-39-15-12-24(13-16-39)6-7-25-19-26-20-35-34(38-31(26)42(33(25)43)22-30-32(44-2)36-23-45-30)37-27-8-10-28(11-9-27)41-18-17-40-14-4-5-29(40)21-41/h8-11,19-20,23-24,29H,3-5,12-18,21-22H2,1-2H3,(H,35,37,38). The summed E-state index contributed by atoms with van der Waals surface area (Å²) in [6.45, 7) is 10.3. The lowest BCUT2D eigenvalue weighted by molar-refractivity contribution is 0.216. The van der Waals surface area contributed by atoms with Gasteiger partial charge < -0.3 is 15.1 Å². The van der Waals surface area contributed by atoms with E-state index in [0.29, 0.717) is 35.7 Å². The van der Waals surface area contributed by atoms with E-state index in [1.54, 1.807) is 33.9 Å². The van der Waals surface area contributed by atoms with Gasteiger partial charge in [0.2, 0.25) is 5.95 Å². The third kappa shape index (κ3) is 6.61. The smallest absolute Gasteiger partial charge is 0.268 e. The van der Waals surface area contributed by atoms with Gasteiger partial charge in [0.25, 0.3) is 5.56 Å². The number of piperazine rings is 1. The first-order valence-corrected chi connectivity index (χ1v) is 18.2. The summed E-state index contributed by atoms with van der Waals surface area (Å²) in [5.74, 6) is 7.44. The van der Waals surface area contributed by atoms with Crippen molar-refractivity contribution in [3.8, 4) is 11.8 Å². The number of hydrogen-bond acceptors (Lipinski definition) is 10. The number of piperidine rings is 1. The summed E-state index contributed by atoms with van der Waals surface area (Å²) >= 11 is 3.15. The molecule has 11 heteroatoms. The van der Waals surface area contributed by atoms with Crippen molar-refractivity contribution in [1.82, 2.24) is 29.3 Å². The number of hydrogen-bond donors (Lipinski definition) is 1. The topological polar surface area (TPSA) is 82.4 Å². The van der Waals surface area contributed by atoms with Gasteiger partial charge in [-0.05, 0) is 88.4 Å². The third-order valence-electron chi connectivity index (χ3n) is 9.45. The van der Waals surface area contributed by atoms with Crippen LogP contribution in [0.2, 0.25) is 0 Å². The Hall–Kier alpha value is -3.43. The van der Waals surface area contributed by atoms with Crippen molar-refractivity contribution in [3.63, 3.8) is 0 Å². The Morgan fingerprint density at radius 3 is 2.71 bits per heavy atom. The Morgan fingerprint density at radius 1 is 1.07 bits per heavy atom. The van der Waals surface area contributed by atoms with Gasteiger partial charge in [-0.3, -0.25) is 14.3 Å². The van der Waals surface area contributed by atoms with Gasteiger partial charge in [0.1, 0.15) is 10.7 Å². The maximum absolute atomic E-state index is 13.9. The summed E-state index contributed by atoms with van der Waals surface area (Å²) in [4.78, 5) is 36.6. The number of aromatic nitrogens is 4. The first-order valence-electron chi connectivity index (χ1n) is 16.0. The highest BCUT2D eigenvalue weighted by molar-refractivity contribution is 7.98. The molecule has 0 spiro atoms. The van der Waals surface area contributed by atoms with Crippen molar-refractivity contribution in [2.75, 3.05) is 62.3 Å². The van der Waals surface area contributed by atoms with Crippen LogP contribution >= 0.6 is 23.1 Å². The number of nitrogens with zero attached hydrogens (tertiary/aromatic N) is 7. The quantitative estimate of drug-likeness (QED) is 0.218. The molecular weight excluding hydrogens is 601 g/mol. The van der Waals surface area contributed by atoms with Crippen LogP contribution in [-0.4, -0.2) is 87.4 Å². The fourth-order valence-corrected chi connectivity index (χ4v) is 8.37. The molecule has 1 aromatic carbocycles. The summed E-state index contributed by atoms with van der Waals surface area (Å²) in [6, 6.07) is 11.1. The Labute approximate surface area is 273 Å². The zero-order chi connectivity index (χ0) is 30.8. The number of likely N-dealkylation sites (tertiary alicyclic amines) is 1. The van der Waals surface area contributed by atoms with Crippen LogP contribution in [0.1, 0.15) is 43.0 Å². The van der Waals surface area contributed by atoms with Crippen molar-refractivity contribution in [3.05, 3.63) is 62.8 Å². The van der Waals surface area contributed by atoms with Crippen molar-refractivity contribution in [2.45, 2.75) is 50.2 Å². The number of pyridine rings is 1. The first kappa shape index (κ1) is 30.2. The van der Waals surface area contributed by atoms with Crippen molar-refractivity contribution in [2.24, 2.45) is 5.92 Å². The summed E-state index contributed by atoms with van der Waals surface area (Å²) in [5, 5.41) is 5.10. The predicted molar refractivity (Wildman–Crippen MR) is 185 cm³/mol. The number of thiazole rings is 1. The fourth-order valence-electron chi connectivity index (χ4n) is 6.81. The van der Waals surface area contributed by atoms with E-state index in [0.717, 1.165) is 73.1 Å². The molecule has 3 fully saturated rings. The van der Waals surface area contributed by atoms with Crippen LogP contribution in [0.4, 0.5) is 17.3 Å². The van der Waals surface area contributed by atoms with Crippen LogP contribution in [0.3, 0.4) is 0 Å². The average Bonchev–Trinajstić information content (AvgIpc) is 3.75. The van der Waals surface area contributed by atoms with Crippen LogP contribution in [0.15, 0.2) is 51.9 Å². The normalized spacial score (nSPS) is 19.4. The van der Waals surface area contributed by atoms with Crippen LogP contribution in [0.25, 0.3) is 11.0 Å². The third-order valence-corrected chi connectivity index (χ3v) is 11.1. The monoisotopic (exact) mass is 640 g/mol. The molecule has 0 saturated carbocycles. The summed E-state index contributed by atoms with van der Waals surface area (Å²) in [7, 11) is 0. The van der Waals surface area contributed by atoms with Crippen molar-refractivity contribution < 1.29 is 0 Å². The molecule has 1 atom stereocenters. The molecule has 3 aliphatic rings. The van der Waals surface area contributed by atoms with E-state index in [2.05, 4.69) is 73.0 Å². The zero-order valence-corrected chi connectivity index (χ0v) is 27.7. The molecule has 3 aliphatic heterocycles. The molecule has 0 amide bonds. The SMILES string of the molecule is CCN1CCC(C#Cc2cc3cnc(Nc4ccc(N5CCN6CCCC6C5)cc4)nc3n(Cc3scnc3SC)c2=O)CC1. The average molecular weight is 641 g/mol. The van der Waals surface area contributed by atoms with E-state index in [1.807, 2.05) is 17.8 Å². The number of fused-ring (bicyclic) bond motifs is 2. The molecule has 3 aromatic heterocycles. The van der Waals surface area contributed by atoms with Crippen LogP contribution < -0.4 is 15.8 Å². The number of benzene rings is 1. The van der Waals surface area contributed by atoms with E-state index >= 15 is 0 Å². The summed E-state index contributed by atoms with van der Waals surface area (Å²) in [6.07, 6.45) is 8.50. The van der Waals surface area contributed by atoms with Crippen molar-refractivity contribution in [1.29, 1.82) is 0 Å². The molecule has 3 saturated heterocycles. The van der Waals surface area contributed by atoms with Gasteiger partial charge in [-0.2, -0.15) is 4.98 Å². The molecule has 0 bridgehead atoms. The van der Waals surface area contributed by atoms with Crippen molar-refractivity contribution >= 4 is 51.5 Å². The van der Waals surface area contributed by atoms with Gasteiger partial charge >= 0.3 is 0 Å². The predicted octanol–water partition coefficient (Wildman–Crippen LogP) is 5.13. The van der Waals surface area contributed by atoms with Gasteiger partial charge in [0, 0.05) is 54.6 Å².